The molecule has 0 aliphatic rings. The molecule has 112 valence electrons. The summed E-state index contributed by atoms with van der Waals surface area (Å²) in [6, 6.07) is 4.28. The number of carbonyl (C=O) groups is 2. The standard InChI is InChI=1S/C13H16BNO6/c1-3-20-12(16)11(13(17)21-4-2)9-6-5-8(14)7-10(9)15(18)19/h5-7,11H,3-4,14H2,1-2H3. The first-order valence-electron chi connectivity index (χ1n) is 6.50. The van der Waals surface area contributed by atoms with Crippen LogP contribution in [0.1, 0.15) is 25.3 Å². The molecule has 21 heavy (non-hydrogen) atoms. The van der Waals surface area contributed by atoms with Gasteiger partial charge in [-0.2, -0.15) is 0 Å². The number of benzene rings is 1. The van der Waals surface area contributed by atoms with Crippen molar-refractivity contribution < 1.29 is 24.0 Å². The summed E-state index contributed by atoms with van der Waals surface area (Å²) >= 11 is 0. The van der Waals surface area contributed by atoms with Crippen LogP contribution >= 0.6 is 0 Å². The number of nitro benzene ring substituents is 1. The molecule has 0 heterocycles. The molecule has 0 aromatic heterocycles. The number of ether oxygens (including phenoxy) is 2. The molecule has 0 radical (unpaired) electrons. The van der Waals surface area contributed by atoms with E-state index in [0.29, 0.717) is 5.46 Å². The predicted molar refractivity (Wildman–Crippen MR) is 77.3 cm³/mol. The first-order valence-corrected chi connectivity index (χ1v) is 6.50. The molecule has 0 bridgehead atoms. The molecule has 1 rings (SSSR count). The Morgan fingerprint density at radius 3 is 2.19 bits per heavy atom. The van der Waals surface area contributed by atoms with Crippen LogP contribution in [0, 0.1) is 10.1 Å². The van der Waals surface area contributed by atoms with Crippen LogP contribution in [-0.4, -0.2) is 37.9 Å². The Hall–Kier alpha value is -2.38. The molecule has 0 amide bonds. The third-order valence-electron chi connectivity index (χ3n) is 2.74. The summed E-state index contributed by atoms with van der Waals surface area (Å²) in [5.74, 6) is -3.17. The maximum Gasteiger partial charge on any atom is 0.325 e. The molecular formula is C13H16BNO6. The van der Waals surface area contributed by atoms with E-state index in [4.69, 9.17) is 9.47 Å². The van der Waals surface area contributed by atoms with Crippen molar-refractivity contribution in [3.8, 4) is 0 Å². The fraction of sp³-hybridized carbons (Fsp3) is 0.385. The molecule has 1 aromatic rings. The second kappa shape index (κ2) is 7.42. The van der Waals surface area contributed by atoms with Crippen molar-refractivity contribution in [3.05, 3.63) is 33.9 Å². The number of nitrogens with zero attached hydrogens (tertiary/aromatic N) is 1. The SMILES string of the molecule is Bc1ccc(C(C(=O)OCC)C(=O)OCC)c([N+](=O)[O-])c1. The molecule has 7 nitrogen and oxygen atoms in total. The van der Waals surface area contributed by atoms with E-state index in [1.165, 1.54) is 12.1 Å². The first kappa shape index (κ1) is 16.7. The minimum atomic E-state index is -1.45. The third kappa shape index (κ3) is 4.04. The highest BCUT2D eigenvalue weighted by atomic mass is 16.6. The van der Waals surface area contributed by atoms with Gasteiger partial charge in [0.05, 0.1) is 23.7 Å². The van der Waals surface area contributed by atoms with E-state index in [1.54, 1.807) is 27.8 Å². The predicted octanol–water partition coefficient (Wildman–Crippen LogP) is 0.0630. The Balaban J connectivity index is 3.35. The van der Waals surface area contributed by atoms with Gasteiger partial charge in [-0.05, 0) is 13.8 Å². The Bertz CT molecular complexity index is 542. The van der Waals surface area contributed by atoms with Gasteiger partial charge in [0.2, 0.25) is 0 Å². The molecule has 1 aromatic carbocycles. The van der Waals surface area contributed by atoms with E-state index < -0.39 is 22.8 Å². The Morgan fingerprint density at radius 1 is 1.24 bits per heavy atom. The third-order valence-corrected chi connectivity index (χ3v) is 2.74. The fourth-order valence-corrected chi connectivity index (χ4v) is 1.86. The van der Waals surface area contributed by atoms with Crippen LogP contribution in [0.5, 0.6) is 0 Å². The molecule has 0 aliphatic heterocycles. The molecule has 0 atom stereocenters. The fourth-order valence-electron chi connectivity index (χ4n) is 1.86. The van der Waals surface area contributed by atoms with Gasteiger partial charge in [0, 0.05) is 6.07 Å². The first-order chi connectivity index (χ1) is 9.92. The molecule has 8 heteroatoms. The van der Waals surface area contributed by atoms with Gasteiger partial charge in [-0.1, -0.05) is 17.6 Å². The number of hydrogen-bond acceptors (Lipinski definition) is 6. The highest BCUT2D eigenvalue weighted by Gasteiger charge is 2.36. The van der Waals surface area contributed by atoms with Crippen LogP contribution in [0.4, 0.5) is 5.69 Å². The molecule has 0 saturated carbocycles. The highest BCUT2D eigenvalue weighted by molar-refractivity contribution is 6.32. The van der Waals surface area contributed by atoms with E-state index in [-0.39, 0.29) is 24.5 Å². The van der Waals surface area contributed by atoms with Crippen molar-refractivity contribution in [2.24, 2.45) is 0 Å². The molecule has 0 spiro atoms. The minimum Gasteiger partial charge on any atom is -0.465 e. The Labute approximate surface area is 122 Å². The smallest absolute Gasteiger partial charge is 0.325 e. The zero-order valence-corrected chi connectivity index (χ0v) is 12.1. The van der Waals surface area contributed by atoms with E-state index in [9.17, 15) is 19.7 Å². The average molecular weight is 293 g/mol. The van der Waals surface area contributed by atoms with Gasteiger partial charge in [-0.15, -0.1) is 0 Å². The zero-order chi connectivity index (χ0) is 16.0. The van der Waals surface area contributed by atoms with Crippen LogP contribution in [0.25, 0.3) is 0 Å². The maximum atomic E-state index is 12.0. The molecule has 0 N–H and O–H groups in total. The van der Waals surface area contributed by atoms with Gasteiger partial charge in [0.25, 0.3) is 5.69 Å². The number of esters is 2. The van der Waals surface area contributed by atoms with E-state index in [2.05, 4.69) is 0 Å². The second-order valence-corrected chi connectivity index (χ2v) is 4.26. The van der Waals surface area contributed by atoms with Crippen LogP contribution in [-0.2, 0) is 19.1 Å². The van der Waals surface area contributed by atoms with Crippen LogP contribution < -0.4 is 5.46 Å². The van der Waals surface area contributed by atoms with Crippen molar-refractivity contribution in [2.75, 3.05) is 13.2 Å². The largest absolute Gasteiger partial charge is 0.465 e. The lowest BCUT2D eigenvalue weighted by atomic mass is 9.90. The molecule has 0 unspecified atom stereocenters. The lowest BCUT2D eigenvalue weighted by Gasteiger charge is -2.15. The van der Waals surface area contributed by atoms with E-state index in [0.717, 1.165) is 0 Å². The van der Waals surface area contributed by atoms with Crippen LogP contribution in [0.3, 0.4) is 0 Å². The van der Waals surface area contributed by atoms with Gasteiger partial charge >= 0.3 is 11.9 Å². The normalized spacial score (nSPS) is 10.2. The summed E-state index contributed by atoms with van der Waals surface area (Å²) in [5, 5.41) is 11.1. The number of carbonyl (C=O) groups excluding carboxylic acids is 2. The van der Waals surface area contributed by atoms with Gasteiger partial charge in [-0.25, -0.2) is 0 Å². The van der Waals surface area contributed by atoms with E-state index in [1.807, 2.05) is 0 Å². The monoisotopic (exact) mass is 293 g/mol. The van der Waals surface area contributed by atoms with Crippen molar-refractivity contribution in [1.82, 2.24) is 0 Å². The lowest BCUT2D eigenvalue weighted by molar-refractivity contribution is -0.385. The molecular weight excluding hydrogens is 277 g/mol. The summed E-state index contributed by atoms with van der Waals surface area (Å²) in [6.45, 7) is 3.30. The van der Waals surface area contributed by atoms with Gasteiger partial charge < -0.3 is 9.47 Å². The maximum absolute atomic E-state index is 12.0. The van der Waals surface area contributed by atoms with Crippen molar-refractivity contribution in [3.63, 3.8) is 0 Å². The van der Waals surface area contributed by atoms with Gasteiger partial charge in [0.15, 0.2) is 5.92 Å². The summed E-state index contributed by atoms with van der Waals surface area (Å²) in [4.78, 5) is 34.5. The summed E-state index contributed by atoms with van der Waals surface area (Å²) in [6.07, 6.45) is 0. The van der Waals surface area contributed by atoms with Crippen LogP contribution in [0.15, 0.2) is 18.2 Å². The zero-order valence-electron chi connectivity index (χ0n) is 12.1. The lowest BCUT2D eigenvalue weighted by Crippen LogP contribution is -2.27. The summed E-state index contributed by atoms with van der Waals surface area (Å²) in [5.41, 5.74) is 0.320. The van der Waals surface area contributed by atoms with Crippen molar-refractivity contribution in [1.29, 1.82) is 0 Å². The quantitative estimate of drug-likeness (QED) is 0.242. The molecule has 0 saturated heterocycles. The van der Waals surface area contributed by atoms with Crippen molar-refractivity contribution >= 4 is 30.9 Å². The number of nitro groups is 1. The second-order valence-electron chi connectivity index (χ2n) is 4.26. The summed E-state index contributed by atoms with van der Waals surface area (Å²) in [7, 11) is 1.68. The molecule has 0 fully saturated rings. The highest BCUT2D eigenvalue weighted by Crippen LogP contribution is 2.28. The topological polar surface area (TPSA) is 95.7 Å². The number of rotatable bonds is 6. The van der Waals surface area contributed by atoms with Crippen molar-refractivity contribution in [2.45, 2.75) is 19.8 Å². The Kier molecular flexibility index (Phi) is 5.89. The number of hydrogen-bond donors (Lipinski definition) is 0. The Morgan fingerprint density at radius 2 is 1.76 bits per heavy atom. The van der Waals surface area contributed by atoms with Gasteiger partial charge in [0.1, 0.15) is 7.85 Å². The summed E-state index contributed by atoms with van der Waals surface area (Å²) < 4.78 is 9.66. The van der Waals surface area contributed by atoms with Gasteiger partial charge in [-0.3, -0.25) is 19.7 Å². The van der Waals surface area contributed by atoms with E-state index >= 15 is 0 Å². The minimum absolute atomic E-state index is 0.0255. The average Bonchev–Trinajstić information content (AvgIpc) is 2.41. The van der Waals surface area contributed by atoms with Crippen LogP contribution in [0.2, 0.25) is 0 Å². The molecule has 0 aliphatic carbocycles.